The monoisotopic (exact) mass is 263 g/mol. The number of rotatable bonds is 4. The average Bonchev–Trinajstić information content (AvgIpc) is 2.26. The average molecular weight is 263 g/mol. The van der Waals surface area contributed by atoms with Gasteiger partial charge in [-0.05, 0) is 12.8 Å². The van der Waals surface area contributed by atoms with E-state index in [0.717, 1.165) is 0 Å². The van der Waals surface area contributed by atoms with Crippen LogP contribution in [-0.4, -0.2) is 44.8 Å². The number of hydrogen-bond donors (Lipinski definition) is 1. The summed E-state index contributed by atoms with van der Waals surface area (Å²) in [5.74, 6) is -1.44. The van der Waals surface area contributed by atoms with Crippen LogP contribution in [0.5, 0.6) is 0 Å². The Kier molecular flexibility index (Phi) is 4.64. The van der Waals surface area contributed by atoms with Crippen LogP contribution < -0.4 is 5.73 Å². The van der Waals surface area contributed by atoms with Gasteiger partial charge in [-0.1, -0.05) is 0 Å². The van der Waals surface area contributed by atoms with E-state index >= 15 is 0 Å². The molecule has 0 aromatic rings. The molecule has 17 heavy (non-hydrogen) atoms. The van der Waals surface area contributed by atoms with Gasteiger partial charge in [0, 0.05) is 12.3 Å². The van der Waals surface area contributed by atoms with Crippen molar-refractivity contribution in [3.8, 4) is 0 Å². The van der Waals surface area contributed by atoms with Gasteiger partial charge >= 0.3 is 5.97 Å². The van der Waals surface area contributed by atoms with E-state index in [1.165, 1.54) is 7.11 Å². The van der Waals surface area contributed by atoms with Gasteiger partial charge in [0.25, 0.3) is 0 Å². The van der Waals surface area contributed by atoms with E-state index in [-0.39, 0.29) is 23.7 Å². The lowest BCUT2D eigenvalue weighted by molar-refractivity contribution is -0.143. The molecule has 0 radical (unpaired) electrons. The minimum atomic E-state index is -3.12. The van der Waals surface area contributed by atoms with Gasteiger partial charge < -0.3 is 10.5 Å². The second-order valence-electron chi connectivity index (χ2n) is 4.25. The van der Waals surface area contributed by atoms with Crippen LogP contribution in [0.15, 0.2) is 0 Å². The Balaban J connectivity index is 2.56. The quantitative estimate of drug-likeness (QED) is 0.671. The Labute approximate surface area is 100 Å². The summed E-state index contributed by atoms with van der Waals surface area (Å²) in [5, 5.41) is 0. The molecule has 98 valence electrons. The van der Waals surface area contributed by atoms with Gasteiger partial charge in [-0.15, -0.1) is 0 Å². The van der Waals surface area contributed by atoms with Gasteiger partial charge in [0.05, 0.1) is 18.6 Å². The van der Waals surface area contributed by atoms with Gasteiger partial charge in [-0.25, -0.2) is 8.42 Å². The number of carbonyl (C=O) groups is 2. The first-order valence-electron chi connectivity index (χ1n) is 5.42. The summed E-state index contributed by atoms with van der Waals surface area (Å²) >= 11 is 0. The second kappa shape index (κ2) is 5.59. The number of nitrogens with two attached hydrogens (primary N) is 1. The fourth-order valence-corrected chi connectivity index (χ4v) is 3.63. The summed E-state index contributed by atoms with van der Waals surface area (Å²) in [7, 11) is -1.92. The third kappa shape index (κ3) is 4.08. The molecule has 7 heteroatoms. The number of methoxy groups -OCH3 is 1. The first-order valence-corrected chi connectivity index (χ1v) is 7.24. The number of sulfone groups is 1. The number of Topliss-reactive ketones (excluding diaryl/α,β-unsaturated/α-hetero) is 1. The van der Waals surface area contributed by atoms with Crippen LogP contribution in [0, 0.1) is 5.92 Å². The van der Waals surface area contributed by atoms with Crippen molar-refractivity contribution >= 4 is 21.6 Å². The van der Waals surface area contributed by atoms with Crippen LogP contribution >= 0.6 is 0 Å². The van der Waals surface area contributed by atoms with Crippen LogP contribution in [0.3, 0.4) is 0 Å². The summed E-state index contributed by atoms with van der Waals surface area (Å²) in [4.78, 5) is 22.8. The van der Waals surface area contributed by atoms with Gasteiger partial charge in [0.2, 0.25) is 0 Å². The summed E-state index contributed by atoms with van der Waals surface area (Å²) in [6.07, 6.45) is 0.880. The largest absolute Gasteiger partial charge is 0.468 e. The summed E-state index contributed by atoms with van der Waals surface area (Å²) < 4.78 is 27.1. The first-order chi connectivity index (χ1) is 7.85. The lowest BCUT2D eigenvalue weighted by Gasteiger charge is -2.21. The van der Waals surface area contributed by atoms with E-state index in [4.69, 9.17) is 5.73 Å². The molecule has 6 nitrogen and oxygen atoms in total. The summed E-state index contributed by atoms with van der Waals surface area (Å²) in [5.41, 5.74) is 5.46. The van der Waals surface area contributed by atoms with Gasteiger partial charge in [-0.2, -0.15) is 0 Å². The molecular weight excluding hydrogens is 246 g/mol. The fraction of sp³-hybridized carbons (Fsp3) is 0.800. The molecule has 0 aromatic heterocycles. The Morgan fingerprint density at radius 1 is 1.47 bits per heavy atom. The highest BCUT2D eigenvalue weighted by Gasteiger charge is 2.31. The Hall–Kier alpha value is -0.950. The number of ketones is 1. The number of ether oxygens (including phenoxy) is 1. The third-order valence-corrected chi connectivity index (χ3v) is 4.66. The van der Waals surface area contributed by atoms with Crippen molar-refractivity contribution in [2.45, 2.75) is 25.3 Å². The Bertz CT molecular complexity index is 403. The van der Waals surface area contributed by atoms with Crippen LogP contribution in [-0.2, 0) is 24.2 Å². The maximum atomic E-state index is 11.8. The fourth-order valence-electron chi connectivity index (χ4n) is 1.89. The number of esters is 1. The van der Waals surface area contributed by atoms with Crippen molar-refractivity contribution in [2.75, 3.05) is 18.6 Å². The molecule has 2 unspecified atom stereocenters. The van der Waals surface area contributed by atoms with Crippen molar-refractivity contribution in [3.05, 3.63) is 0 Å². The van der Waals surface area contributed by atoms with Crippen molar-refractivity contribution < 1.29 is 22.7 Å². The molecule has 0 aliphatic carbocycles. The molecule has 0 bridgehead atoms. The van der Waals surface area contributed by atoms with Crippen molar-refractivity contribution in [1.82, 2.24) is 0 Å². The highest BCUT2D eigenvalue weighted by atomic mass is 32.2. The second-order valence-corrected chi connectivity index (χ2v) is 6.48. The van der Waals surface area contributed by atoms with E-state index in [2.05, 4.69) is 4.74 Å². The van der Waals surface area contributed by atoms with Crippen molar-refractivity contribution in [2.24, 2.45) is 11.7 Å². The van der Waals surface area contributed by atoms with Crippen LogP contribution in [0.2, 0.25) is 0 Å². The van der Waals surface area contributed by atoms with Gasteiger partial charge in [-0.3, -0.25) is 9.59 Å². The highest BCUT2D eigenvalue weighted by molar-refractivity contribution is 7.91. The standard InChI is InChI=1S/C10H17NO5S/c1-16-10(13)8(11)5-9(12)7-3-2-4-17(14,15)6-7/h7-8H,2-6,11H2,1H3. The molecule has 1 aliphatic heterocycles. The molecule has 1 saturated heterocycles. The zero-order chi connectivity index (χ0) is 13.1. The highest BCUT2D eigenvalue weighted by Crippen LogP contribution is 2.20. The van der Waals surface area contributed by atoms with E-state index in [0.29, 0.717) is 12.8 Å². The molecule has 2 N–H and O–H groups in total. The molecule has 0 amide bonds. The number of hydrogen-bond acceptors (Lipinski definition) is 6. The summed E-state index contributed by atoms with van der Waals surface area (Å²) in [6.45, 7) is 0. The van der Waals surface area contributed by atoms with Crippen LogP contribution in [0.4, 0.5) is 0 Å². The minimum Gasteiger partial charge on any atom is -0.468 e. The van der Waals surface area contributed by atoms with E-state index in [9.17, 15) is 18.0 Å². The topological polar surface area (TPSA) is 104 Å². The van der Waals surface area contributed by atoms with Gasteiger partial charge in [0.15, 0.2) is 9.84 Å². The maximum absolute atomic E-state index is 11.8. The Morgan fingerprint density at radius 3 is 2.65 bits per heavy atom. The third-order valence-electron chi connectivity index (χ3n) is 2.84. The van der Waals surface area contributed by atoms with E-state index < -0.39 is 27.8 Å². The zero-order valence-electron chi connectivity index (χ0n) is 9.72. The molecular formula is C10H17NO5S. The van der Waals surface area contributed by atoms with E-state index in [1.807, 2.05) is 0 Å². The minimum absolute atomic E-state index is 0.125. The normalized spacial score (nSPS) is 24.9. The zero-order valence-corrected chi connectivity index (χ0v) is 10.5. The summed E-state index contributed by atoms with van der Waals surface area (Å²) in [6, 6.07) is -1.00. The molecule has 1 rings (SSSR count). The molecule has 1 aliphatic rings. The smallest absolute Gasteiger partial charge is 0.323 e. The molecule has 1 fully saturated rings. The van der Waals surface area contributed by atoms with Crippen molar-refractivity contribution in [1.29, 1.82) is 0 Å². The molecule has 1 heterocycles. The van der Waals surface area contributed by atoms with Crippen molar-refractivity contribution in [3.63, 3.8) is 0 Å². The first kappa shape index (κ1) is 14.1. The van der Waals surface area contributed by atoms with Gasteiger partial charge in [0.1, 0.15) is 11.8 Å². The predicted molar refractivity (Wildman–Crippen MR) is 61.0 cm³/mol. The molecule has 2 atom stereocenters. The molecule has 0 aromatic carbocycles. The molecule has 0 saturated carbocycles. The van der Waals surface area contributed by atoms with Crippen LogP contribution in [0.25, 0.3) is 0 Å². The molecule has 0 spiro atoms. The lowest BCUT2D eigenvalue weighted by atomic mass is 9.95. The lowest BCUT2D eigenvalue weighted by Crippen LogP contribution is -2.38. The Morgan fingerprint density at radius 2 is 2.12 bits per heavy atom. The predicted octanol–water partition coefficient (Wildman–Crippen LogP) is -0.729. The number of carbonyl (C=O) groups excluding carboxylic acids is 2. The van der Waals surface area contributed by atoms with E-state index in [1.54, 1.807) is 0 Å². The van der Waals surface area contributed by atoms with Crippen LogP contribution in [0.1, 0.15) is 19.3 Å². The maximum Gasteiger partial charge on any atom is 0.323 e. The SMILES string of the molecule is COC(=O)C(N)CC(=O)C1CCCS(=O)(=O)C1.